The van der Waals surface area contributed by atoms with Gasteiger partial charge in [0.05, 0.1) is 45.4 Å². The molecule has 0 aliphatic rings. The number of carbonyl (C=O) groups is 4. The van der Waals surface area contributed by atoms with E-state index in [1.807, 2.05) is 24.3 Å². The summed E-state index contributed by atoms with van der Waals surface area (Å²) in [7, 11) is 0. The average molecular weight is 1050 g/mol. The zero-order valence-electron chi connectivity index (χ0n) is 33.6. The molecular weight excluding hydrogens is 1000 g/mol. The summed E-state index contributed by atoms with van der Waals surface area (Å²) in [6.07, 6.45) is 7.21. The first-order valence-electron chi connectivity index (χ1n) is 15.4. The molecule has 0 amide bonds. The summed E-state index contributed by atoms with van der Waals surface area (Å²) in [6, 6.07) is 27.1. The zero-order valence-corrected chi connectivity index (χ0v) is 35.5. The van der Waals surface area contributed by atoms with Crippen molar-refractivity contribution in [1.82, 2.24) is 29.9 Å². The van der Waals surface area contributed by atoms with Crippen molar-refractivity contribution >= 4 is 67.5 Å². The van der Waals surface area contributed by atoms with Crippen LogP contribution in [0.4, 0.5) is 0 Å². The Morgan fingerprint density at radius 2 is 0.597 bits per heavy atom. The topological polar surface area (TPSA) is 628 Å². The first-order chi connectivity index (χ1) is 25.9. The zero-order chi connectivity index (χ0) is 38.8. The second-order valence-electron chi connectivity index (χ2n) is 10.8. The number of carboxylic acid groups (broad SMARTS) is 4. The molecule has 0 aliphatic carbocycles. The molecule has 0 atom stereocenters. The van der Waals surface area contributed by atoms with Crippen LogP contribution in [0.25, 0.3) is 43.6 Å². The minimum Gasteiger partial charge on any atom is -0.872 e. The number of benzene rings is 2. The second kappa shape index (κ2) is 36.8. The van der Waals surface area contributed by atoms with Crippen LogP contribution in [0.5, 0.6) is 11.5 Å². The van der Waals surface area contributed by atoms with Crippen LogP contribution in [0.3, 0.4) is 0 Å². The van der Waals surface area contributed by atoms with Crippen molar-refractivity contribution in [1.29, 1.82) is 0 Å². The summed E-state index contributed by atoms with van der Waals surface area (Å²) < 4.78 is 0. The van der Waals surface area contributed by atoms with E-state index in [0.717, 1.165) is 55.7 Å². The van der Waals surface area contributed by atoms with Gasteiger partial charge in [0.15, 0.2) is 0 Å². The Hall–Kier alpha value is -7.54. The van der Waals surface area contributed by atoms with E-state index in [9.17, 15) is 39.6 Å². The van der Waals surface area contributed by atoms with Crippen LogP contribution in [-0.2, 0) is 45.1 Å². The van der Waals surface area contributed by atoms with E-state index in [2.05, 4.69) is 78.4 Å². The van der Waals surface area contributed by atoms with E-state index in [4.69, 9.17) is 10.2 Å². The van der Waals surface area contributed by atoms with E-state index in [1.165, 1.54) is 0 Å². The fraction of sp³-hybridized carbons (Fsp3) is 0. The summed E-state index contributed by atoms with van der Waals surface area (Å²) in [6.45, 7) is 0. The summed E-state index contributed by atoms with van der Waals surface area (Å²) in [5, 5.41) is 63.2. The van der Waals surface area contributed by atoms with Crippen molar-refractivity contribution in [3.05, 3.63) is 145 Å². The normalized spacial score (nSPS) is 8.24. The second-order valence-corrected chi connectivity index (χ2v) is 10.8. The Kier molecular flexibility index (Phi) is 43.8. The molecule has 0 saturated heterocycles. The molecule has 0 spiro atoms. The third-order valence-electron chi connectivity index (χ3n) is 7.14. The molecule has 0 fully saturated rings. The summed E-state index contributed by atoms with van der Waals surface area (Å²) in [5.41, 5.74) is 1.35. The van der Waals surface area contributed by atoms with Gasteiger partial charge in [0.1, 0.15) is 11.4 Å². The molecule has 26 N–H and O–H groups in total. The van der Waals surface area contributed by atoms with Crippen LogP contribution in [0, 0.1) is 0 Å². The minimum absolute atomic E-state index is 0. The molecule has 374 valence electrons. The van der Waals surface area contributed by atoms with Crippen LogP contribution >= 0.6 is 0 Å². The van der Waals surface area contributed by atoms with Gasteiger partial charge in [0, 0.05) is 46.3 Å². The standard InChI is InChI=1S/2C12H8N2.2C7H5NO5.2Cu.11H2O/c2*1-3-9-5-6-10-4-2-8-14-12(10)11(9)13-7-1;2*9-3-1-4(6(10)11)8-5(2-3)7(12)13;;;;;;;;;;;;;/h2*1-8H;2*1-2H,(H,8,9)(H,10,11)(H,12,13);;;11*1H2/q;;;;2*+2;;;;;;;;;;;/p-2. The molecule has 0 saturated carbocycles. The molecule has 8 aromatic rings. The number of rotatable bonds is 4. The first-order valence-corrected chi connectivity index (χ1v) is 15.4. The Morgan fingerprint density at radius 1 is 0.388 bits per heavy atom. The number of aromatic carboxylic acids is 4. The third kappa shape index (κ3) is 20.9. The van der Waals surface area contributed by atoms with Gasteiger partial charge in [-0.2, -0.15) is 0 Å². The molecule has 0 unspecified atom stereocenters. The minimum atomic E-state index is -1.68. The predicted molar refractivity (Wildman–Crippen MR) is 226 cm³/mol. The Morgan fingerprint density at radius 3 is 0.791 bits per heavy atom. The molecule has 2 radical (unpaired) electrons. The maximum atomic E-state index is 10.7. The molecule has 2 aromatic carbocycles. The van der Waals surface area contributed by atoms with Gasteiger partial charge in [-0.25, -0.2) is 19.6 Å². The van der Waals surface area contributed by atoms with Gasteiger partial charge >= 0.3 is 46.1 Å². The molecule has 6 aromatic heterocycles. The van der Waals surface area contributed by atoms with Crippen molar-refractivity contribution in [3.63, 3.8) is 0 Å². The van der Waals surface area contributed by atoms with Gasteiger partial charge < -0.3 is 100 Å². The molecule has 0 aliphatic heterocycles. The summed E-state index contributed by atoms with van der Waals surface area (Å²) >= 11 is 0. The number of carboxylic acids is 4. The van der Waals surface area contributed by atoms with Crippen molar-refractivity contribution in [2.75, 3.05) is 0 Å². The number of hydrogen-bond donors (Lipinski definition) is 2. The Bertz CT molecular complexity index is 2370. The number of fused-ring (bicyclic) bond motifs is 6. The first kappa shape index (κ1) is 79.8. The van der Waals surface area contributed by atoms with Gasteiger partial charge in [-0.1, -0.05) is 48.5 Å². The van der Waals surface area contributed by atoms with Gasteiger partial charge in [-0.05, 0) is 48.5 Å². The average Bonchev–Trinajstić information content (AvgIpc) is 3.18. The third-order valence-corrected chi connectivity index (χ3v) is 7.14. The monoisotopic (exact) mass is 1050 g/mol. The summed E-state index contributed by atoms with van der Waals surface area (Å²) in [4.78, 5) is 64.8. The quantitative estimate of drug-likeness (QED) is 0.0939. The maximum absolute atomic E-state index is 10.7. The predicted octanol–water partition coefficient (Wildman–Crippen LogP) is -7.27. The fourth-order valence-corrected chi connectivity index (χ4v) is 4.80. The van der Waals surface area contributed by atoms with Gasteiger partial charge in [0.25, 0.3) is 0 Å². The molecule has 27 nitrogen and oxygen atoms in total. The number of aromatic nitrogens is 6. The SMILES string of the molecule is O.O.O.O.O.O.O.O.O.O=C([O-])c1cc([O-])cc(C(=O)O)n1.O=C([O-])c1cc([O-])cc(C(=O)O)n1.[Cu+2].[Cu+2].[OH3+].[OH3+].c1cnc2c(c1)ccc1cccnc12.c1cnc2c(c1)ccc1cccnc12. The number of carbonyl (C=O) groups excluding carboxylic acids is 2. The summed E-state index contributed by atoms with van der Waals surface area (Å²) in [5.74, 6) is -7.74. The van der Waals surface area contributed by atoms with Crippen molar-refractivity contribution in [2.24, 2.45) is 0 Å². The van der Waals surface area contributed by atoms with E-state index >= 15 is 0 Å². The van der Waals surface area contributed by atoms with Gasteiger partial charge in [0.2, 0.25) is 0 Å². The van der Waals surface area contributed by atoms with E-state index in [-0.39, 0.29) is 94.4 Å². The number of pyridine rings is 6. The van der Waals surface area contributed by atoms with Gasteiger partial charge in [-0.3, -0.25) is 19.9 Å². The largest absolute Gasteiger partial charge is 2.00 e. The molecular formula is C38H46Cu2N6O21+2. The molecule has 6 heterocycles. The van der Waals surface area contributed by atoms with Crippen LogP contribution in [-0.4, -0.2) is 113 Å². The maximum Gasteiger partial charge on any atom is 2.00 e. The van der Waals surface area contributed by atoms with E-state index < -0.39 is 58.2 Å². The van der Waals surface area contributed by atoms with Crippen LogP contribution < -0.4 is 20.4 Å². The van der Waals surface area contributed by atoms with Crippen LogP contribution in [0.15, 0.2) is 122 Å². The Labute approximate surface area is 396 Å². The van der Waals surface area contributed by atoms with Gasteiger partial charge in [-0.15, -0.1) is 11.5 Å². The molecule has 67 heavy (non-hydrogen) atoms. The number of hydrogen-bond acceptors (Lipinski definition) is 14. The Balaban J connectivity index is -0.0000000899. The van der Waals surface area contributed by atoms with E-state index in [0.29, 0.717) is 12.1 Å². The smallest absolute Gasteiger partial charge is 0.872 e. The molecule has 29 heteroatoms. The van der Waals surface area contributed by atoms with Crippen molar-refractivity contribution in [3.8, 4) is 11.5 Å². The van der Waals surface area contributed by atoms with Crippen molar-refractivity contribution < 1.29 is 144 Å². The molecule has 8 rings (SSSR count). The van der Waals surface area contributed by atoms with E-state index in [1.54, 1.807) is 24.8 Å². The fourth-order valence-electron chi connectivity index (χ4n) is 4.80. The molecule has 0 bridgehead atoms. The van der Waals surface area contributed by atoms with Crippen LogP contribution in [0.1, 0.15) is 42.0 Å². The van der Waals surface area contributed by atoms with Crippen molar-refractivity contribution in [2.45, 2.75) is 0 Å². The van der Waals surface area contributed by atoms with Crippen LogP contribution in [0.2, 0.25) is 0 Å². The number of nitrogens with zero attached hydrogens (tertiary/aromatic N) is 6.